The normalized spacial score (nSPS) is 23.5. The maximum atomic E-state index is 12.5. The summed E-state index contributed by atoms with van der Waals surface area (Å²) in [7, 11) is 1.56. The van der Waals surface area contributed by atoms with E-state index in [0.29, 0.717) is 24.2 Å². The fraction of sp³-hybridized carbons (Fsp3) is 0.350. The van der Waals surface area contributed by atoms with Crippen LogP contribution >= 0.6 is 0 Å². The number of carbonyl (C=O) groups is 1. The molecule has 0 heterocycles. The topological polar surface area (TPSA) is 58.6 Å². The van der Waals surface area contributed by atoms with E-state index in [-0.39, 0.29) is 11.9 Å². The first-order valence-corrected chi connectivity index (χ1v) is 8.34. The molecule has 0 bridgehead atoms. The maximum absolute atomic E-state index is 12.5. The van der Waals surface area contributed by atoms with Crippen molar-refractivity contribution in [2.45, 2.75) is 37.3 Å². The largest absolute Gasteiger partial charge is 0.496 e. The summed E-state index contributed by atoms with van der Waals surface area (Å²) in [5.74, 6) is 0.453. The Labute approximate surface area is 142 Å². The number of ether oxygens (including phenoxy) is 1. The third-order valence-corrected chi connectivity index (χ3v) is 4.81. The molecule has 2 aromatic rings. The molecule has 0 saturated heterocycles. The van der Waals surface area contributed by atoms with Crippen LogP contribution in [0.3, 0.4) is 0 Å². The van der Waals surface area contributed by atoms with Gasteiger partial charge < -0.3 is 15.2 Å². The Morgan fingerprint density at radius 3 is 2.38 bits per heavy atom. The van der Waals surface area contributed by atoms with Crippen molar-refractivity contribution >= 4 is 5.91 Å². The van der Waals surface area contributed by atoms with Gasteiger partial charge >= 0.3 is 0 Å². The van der Waals surface area contributed by atoms with E-state index in [2.05, 4.69) is 5.32 Å². The molecule has 4 nitrogen and oxygen atoms in total. The fourth-order valence-electron chi connectivity index (χ4n) is 3.37. The average Bonchev–Trinajstić information content (AvgIpc) is 2.64. The van der Waals surface area contributed by atoms with Gasteiger partial charge in [0.2, 0.25) is 0 Å². The highest BCUT2D eigenvalue weighted by Gasteiger charge is 2.35. The summed E-state index contributed by atoms with van der Waals surface area (Å²) in [5, 5.41) is 13.9. The van der Waals surface area contributed by atoms with Crippen LogP contribution in [0.15, 0.2) is 54.6 Å². The van der Waals surface area contributed by atoms with Gasteiger partial charge in [-0.1, -0.05) is 42.5 Å². The van der Waals surface area contributed by atoms with Crippen molar-refractivity contribution in [1.29, 1.82) is 0 Å². The van der Waals surface area contributed by atoms with Crippen LogP contribution in [0.2, 0.25) is 0 Å². The quantitative estimate of drug-likeness (QED) is 0.907. The van der Waals surface area contributed by atoms with Crippen LogP contribution < -0.4 is 10.1 Å². The minimum Gasteiger partial charge on any atom is -0.496 e. The highest BCUT2D eigenvalue weighted by Crippen LogP contribution is 2.37. The van der Waals surface area contributed by atoms with Gasteiger partial charge in [-0.3, -0.25) is 4.79 Å². The first-order valence-electron chi connectivity index (χ1n) is 8.34. The van der Waals surface area contributed by atoms with Gasteiger partial charge in [-0.2, -0.15) is 0 Å². The van der Waals surface area contributed by atoms with Crippen LogP contribution in [-0.2, 0) is 5.60 Å². The molecule has 1 aliphatic carbocycles. The summed E-state index contributed by atoms with van der Waals surface area (Å²) in [6.07, 6.45) is 2.81. The van der Waals surface area contributed by atoms with E-state index in [1.54, 1.807) is 19.2 Å². The van der Waals surface area contributed by atoms with Crippen molar-refractivity contribution < 1.29 is 14.6 Å². The average molecular weight is 325 g/mol. The van der Waals surface area contributed by atoms with Crippen LogP contribution in [0.5, 0.6) is 5.75 Å². The molecule has 0 aromatic heterocycles. The summed E-state index contributed by atoms with van der Waals surface area (Å²) in [5.41, 5.74) is 0.718. The molecule has 2 N–H and O–H groups in total. The maximum Gasteiger partial charge on any atom is 0.255 e. The zero-order chi connectivity index (χ0) is 17.0. The zero-order valence-electron chi connectivity index (χ0n) is 13.9. The molecule has 4 heteroatoms. The fourth-order valence-corrected chi connectivity index (χ4v) is 3.37. The Morgan fingerprint density at radius 2 is 1.71 bits per heavy atom. The minimum atomic E-state index is -0.785. The van der Waals surface area contributed by atoms with E-state index < -0.39 is 5.60 Å². The van der Waals surface area contributed by atoms with Gasteiger partial charge in [0.1, 0.15) is 5.75 Å². The second-order valence-electron chi connectivity index (χ2n) is 6.35. The van der Waals surface area contributed by atoms with E-state index in [1.165, 1.54) is 0 Å². The lowest BCUT2D eigenvalue weighted by atomic mass is 9.77. The molecule has 1 saturated carbocycles. The Morgan fingerprint density at radius 1 is 1.08 bits per heavy atom. The van der Waals surface area contributed by atoms with Crippen molar-refractivity contribution in [2.24, 2.45) is 0 Å². The molecule has 0 radical (unpaired) electrons. The Kier molecular flexibility index (Phi) is 4.86. The van der Waals surface area contributed by atoms with E-state index in [9.17, 15) is 9.90 Å². The number of aliphatic hydroxyl groups is 1. The van der Waals surface area contributed by atoms with Crippen molar-refractivity contribution in [3.8, 4) is 5.75 Å². The lowest BCUT2D eigenvalue weighted by Gasteiger charge is -2.36. The third kappa shape index (κ3) is 3.44. The highest BCUT2D eigenvalue weighted by molar-refractivity contribution is 5.97. The summed E-state index contributed by atoms with van der Waals surface area (Å²) in [6, 6.07) is 17.1. The first kappa shape index (κ1) is 16.5. The van der Waals surface area contributed by atoms with Gasteiger partial charge in [0.25, 0.3) is 5.91 Å². The number of hydrogen-bond donors (Lipinski definition) is 2. The molecular weight excluding hydrogens is 302 g/mol. The number of para-hydroxylation sites is 1. The predicted molar refractivity (Wildman–Crippen MR) is 93.1 cm³/mol. The molecule has 0 unspecified atom stereocenters. The van der Waals surface area contributed by atoms with Crippen molar-refractivity contribution in [3.05, 3.63) is 65.7 Å². The molecule has 126 valence electrons. The lowest BCUT2D eigenvalue weighted by molar-refractivity contribution is -0.00804. The van der Waals surface area contributed by atoms with Gasteiger partial charge in [0.15, 0.2) is 0 Å². The van der Waals surface area contributed by atoms with Gasteiger partial charge in [-0.05, 0) is 43.4 Å². The Hall–Kier alpha value is -2.33. The molecule has 0 spiro atoms. The molecule has 3 rings (SSSR count). The first-order chi connectivity index (χ1) is 11.6. The number of methoxy groups -OCH3 is 1. The molecule has 1 aliphatic rings. The molecule has 1 fully saturated rings. The summed E-state index contributed by atoms with van der Waals surface area (Å²) in [6.45, 7) is 0. The number of rotatable bonds is 4. The second-order valence-corrected chi connectivity index (χ2v) is 6.35. The summed E-state index contributed by atoms with van der Waals surface area (Å²) in [4.78, 5) is 12.5. The van der Waals surface area contributed by atoms with Crippen LogP contribution in [0.25, 0.3) is 0 Å². The molecule has 0 aliphatic heterocycles. The van der Waals surface area contributed by atoms with E-state index in [0.717, 1.165) is 18.4 Å². The number of nitrogens with one attached hydrogen (secondary N) is 1. The predicted octanol–water partition coefficient (Wildman–Crippen LogP) is 3.26. The third-order valence-electron chi connectivity index (χ3n) is 4.81. The number of benzene rings is 2. The zero-order valence-corrected chi connectivity index (χ0v) is 13.9. The van der Waals surface area contributed by atoms with E-state index in [1.807, 2.05) is 42.5 Å². The number of amides is 1. The SMILES string of the molecule is COc1ccccc1C(=O)NC1CCC(O)(c2ccccc2)CC1. The van der Waals surface area contributed by atoms with E-state index in [4.69, 9.17) is 4.74 Å². The molecule has 0 atom stereocenters. The number of carbonyl (C=O) groups excluding carboxylic acids is 1. The highest BCUT2D eigenvalue weighted by atomic mass is 16.5. The Bertz CT molecular complexity index is 691. The molecule has 2 aromatic carbocycles. The van der Waals surface area contributed by atoms with Crippen LogP contribution in [0.1, 0.15) is 41.6 Å². The van der Waals surface area contributed by atoms with Gasteiger partial charge in [0, 0.05) is 6.04 Å². The molecular formula is C20H23NO3. The standard InChI is InChI=1S/C20H23NO3/c1-24-18-10-6-5-9-17(18)19(22)21-16-11-13-20(23,14-12-16)15-7-3-2-4-8-15/h2-10,16,23H,11-14H2,1H3,(H,21,22). The molecule has 1 amide bonds. The van der Waals surface area contributed by atoms with Gasteiger partial charge in [0.05, 0.1) is 18.3 Å². The monoisotopic (exact) mass is 325 g/mol. The smallest absolute Gasteiger partial charge is 0.255 e. The molecule has 24 heavy (non-hydrogen) atoms. The van der Waals surface area contributed by atoms with Crippen molar-refractivity contribution in [1.82, 2.24) is 5.32 Å². The van der Waals surface area contributed by atoms with Crippen LogP contribution in [-0.4, -0.2) is 24.2 Å². The lowest BCUT2D eigenvalue weighted by Crippen LogP contribution is -2.42. The van der Waals surface area contributed by atoms with Gasteiger partial charge in [-0.15, -0.1) is 0 Å². The van der Waals surface area contributed by atoms with Crippen LogP contribution in [0.4, 0.5) is 0 Å². The van der Waals surface area contributed by atoms with Crippen LogP contribution in [0, 0.1) is 0 Å². The summed E-state index contributed by atoms with van der Waals surface area (Å²) >= 11 is 0. The van der Waals surface area contributed by atoms with Crippen molar-refractivity contribution in [3.63, 3.8) is 0 Å². The van der Waals surface area contributed by atoms with E-state index >= 15 is 0 Å². The second kappa shape index (κ2) is 7.05. The Balaban J connectivity index is 1.62. The van der Waals surface area contributed by atoms with Gasteiger partial charge in [-0.25, -0.2) is 0 Å². The number of hydrogen-bond acceptors (Lipinski definition) is 3. The minimum absolute atomic E-state index is 0.0754. The summed E-state index contributed by atoms with van der Waals surface area (Å²) < 4.78 is 5.25. The van der Waals surface area contributed by atoms with Crippen molar-refractivity contribution in [2.75, 3.05) is 7.11 Å².